The van der Waals surface area contributed by atoms with Crippen molar-refractivity contribution in [1.82, 2.24) is 10.2 Å². The number of rotatable bonds is 4. The lowest BCUT2D eigenvalue weighted by molar-refractivity contribution is 0.596. The summed E-state index contributed by atoms with van der Waals surface area (Å²) in [5.74, 6) is 0. The van der Waals surface area contributed by atoms with Gasteiger partial charge < -0.3 is 5.73 Å². The predicted molar refractivity (Wildman–Crippen MR) is 77.9 cm³/mol. The number of hydrogen-bond acceptors (Lipinski definition) is 4. The molecule has 108 valence electrons. The van der Waals surface area contributed by atoms with Crippen molar-refractivity contribution in [1.29, 1.82) is 0 Å². The fourth-order valence-electron chi connectivity index (χ4n) is 2.13. The molecule has 1 heterocycles. The smallest absolute Gasteiger partial charge is 0.281 e. The van der Waals surface area contributed by atoms with Crippen LogP contribution in [0.25, 0.3) is 0 Å². The lowest BCUT2D eigenvalue weighted by Crippen LogP contribution is -2.16. The second-order valence-corrected chi connectivity index (χ2v) is 6.42. The number of anilines is 1. The summed E-state index contributed by atoms with van der Waals surface area (Å²) in [6.07, 6.45) is 0. The van der Waals surface area contributed by atoms with E-state index in [9.17, 15) is 8.42 Å². The van der Waals surface area contributed by atoms with Crippen LogP contribution in [0, 0.1) is 20.8 Å². The van der Waals surface area contributed by atoms with Gasteiger partial charge in [-0.15, -0.1) is 0 Å². The monoisotopic (exact) mass is 294 g/mol. The fourth-order valence-corrected chi connectivity index (χ4v) is 3.38. The van der Waals surface area contributed by atoms with Crippen LogP contribution < -0.4 is 10.5 Å². The number of aromatic amines is 1. The highest BCUT2D eigenvalue weighted by Crippen LogP contribution is 2.21. The number of sulfonamides is 1. The Morgan fingerprint density at radius 1 is 1.20 bits per heavy atom. The van der Waals surface area contributed by atoms with Crippen LogP contribution in [0.2, 0.25) is 0 Å². The van der Waals surface area contributed by atoms with Gasteiger partial charge in [-0.1, -0.05) is 6.07 Å². The number of nitrogens with two attached hydrogens (primary N) is 1. The standard InChI is InChI=1S/C13H18N4O2S/c1-8-4-9(2)6-11(5-8)17-20(18,19)13-12(7-14)10(3)15-16-13/h4-6,17H,7,14H2,1-3H3,(H,15,16). The molecule has 0 unspecified atom stereocenters. The van der Waals surface area contributed by atoms with Crippen molar-refractivity contribution in [3.05, 3.63) is 40.6 Å². The minimum Gasteiger partial charge on any atom is -0.326 e. The number of aryl methyl sites for hydroxylation is 3. The van der Waals surface area contributed by atoms with Crippen LogP contribution in [0.4, 0.5) is 5.69 Å². The van der Waals surface area contributed by atoms with Crippen molar-refractivity contribution in [2.75, 3.05) is 4.72 Å². The Labute approximate surface area is 118 Å². The molecule has 0 aliphatic carbocycles. The molecule has 2 aromatic rings. The van der Waals surface area contributed by atoms with Crippen molar-refractivity contribution in [2.45, 2.75) is 32.3 Å². The molecule has 0 saturated carbocycles. The van der Waals surface area contributed by atoms with Gasteiger partial charge in [0, 0.05) is 23.5 Å². The Balaban J connectivity index is 2.40. The summed E-state index contributed by atoms with van der Waals surface area (Å²) in [4.78, 5) is 0. The van der Waals surface area contributed by atoms with Crippen LogP contribution in [0.15, 0.2) is 23.2 Å². The lowest BCUT2D eigenvalue weighted by Gasteiger charge is -2.09. The Kier molecular flexibility index (Phi) is 3.82. The topological polar surface area (TPSA) is 101 Å². The second-order valence-electron chi connectivity index (χ2n) is 4.82. The average Bonchev–Trinajstić information content (AvgIpc) is 2.68. The molecule has 2 rings (SSSR count). The van der Waals surface area contributed by atoms with Gasteiger partial charge in [0.25, 0.3) is 10.0 Å². The van der Waals surface area contributed by atoms with E-state index >= 15 is 0 Å². The van der Waals surface area contributed by atoms with Crippen molar-refractivity contribution in [3.63, 3.8) is 0 Å². The molecule has 1 aromatic carbocycles. The van der Waals surface area contributed by atoms with E-state index < -0.39 is 10.0 Å². The first-order valence-electron chi connectivity index (χ1n) is 6.18. The van der Waals surface area contributed by atoms with Crippen LogP contribution in [0.1, 0.15) is 22.4 Å². The fraction of sp³-hybridized carbons (Fsp3) is 0.308. The second kappa shape index (κ2) is 5.26. The molecule has 7 heteroatoms. The Morgan fingerprint density at radius 2 is 1.80 bits per heavy atom. The van der Waals surface area contributed by atoms with Gasteiger partial charge in [0.05, 0.1) is 0 Å². The van der Waals surface area contributed by atoms with Gasteiger partial charge >= 0.3 is 0 Å². The van der Waals surface area contributed by atoms with E-state index in [1.807, 2.05) is 19.9 Å². The molecule has 0 amide bonds. The number of H-pyrrole nitrogens is 1. The van der Waals surface area contributed by atoms with E-state index in [1.165, 1.54) is 0 Å². The van der Waals surface area contributed by atoms with E-state index in [0.717, 1.165) is 11.1 Å². The molecule has 0 spiro atoms. The number of hydrogen-bond donors (Lipinski definition) is 3. The third-order valence-electron chi connectivity index (χ3n) is 2.97. The SMILES string of the molecule is Cc1cc(C)cc(NS(=O)(=O)c2n[nH]c(C)c2CN)c1. The Morgan fingerprint density at radius 3 is 2.35 bits per heavy atom. The van der Waals surface area contributed by atoms with Crippen LogP contribution in [-0.4, -0.2) is 18.6 Å². The maximum atomic E-state index is 12.4. The van der Waals surface area contributed by atoms with Crippen molar-refractivity contribution < 1.29 is 8.42 Å². The zero-order chi connectivity index (χ0) is 14.9. The molecule has 0 fully saturated rings. The Hall–Kier alpha value is -1.86. The van der Waals surface area contributed by atoms with E-state index in [4.69, 9.17) is 5.73 Å². The van der Waals surface area contributed by atoms with Crippen molar-refractivity contribution >= 4 is 15.7 Å². The van der Waals surface area contributed by atoms with Crippen LogP contribution in [0.5, 0.6) is 0 Å². The maximum Gasteiger partial charge on any atom is 0.281 e. The first-order valence-corrected chi connectivity index (χ1v) is 7.67. The molecular weight excluding hydrogens is 276 g/mol. The summed E-state index contributed by atoms with van der Waals surface area (Å²) in [5.41, 5.74) is 9.24. The summed E-state index contributed by atoms with van der Waals surface area (Å²) in [7, 11) is -3.74. The van der Waals surface area contributed by atoms with Crippen LogP contribution in [-0.2, 0) is 16.6 Å². The normalized spacial score (nSPS) is 11.6. The molecule has 4 N–H and O–H groups in total. The zero-order valence-corrected chi connectivity index (χ0v) is 12.5. The third kappa shape index (κ3) is 2.83. The molecule has 0 saturated heterocycles. The molecule has 0 aliphatic heterocycles. The van der Waals surface area contributed by atoms with Gasteiger partial charge in [-0.25, -0.2) is 0 Å². The molecule has 6 nitrogen and oxygen atoms in total. The molecule has 0 bridgehead atoms. The van der Waals surface area contributed by atoms with Gasteiger partial charge in [-0.05, 0) is 44.0 Å². The molecule has 1 aromatic heterocycles. The predicted octanol–water partition coefficient (Wildman–Crippen LogP) is 1.59. The van der Waals surface area contributed by atoms with Gasteiger partial charge in [-0.2, -0.15) is 13.5 Å². The maximum absolute atomic E-state index is 12.4. The lowest BCUT2D eigenvalue weighted by atomic mass is 10.1. The average molecular weight is 294 g/mol. The highest BCUT2D eigenvalue weighted by Gasteiger charge is 2.23. The summed E-state index contributed by atoms with van der Waals surface area (Å²) in [6.45, 7) is 5.68. The summed E-state index contributed by atoms with van der Waals surface area (Å²) in [5, 5.41) is 6.45. The minimum absolute atomic E-state index is 0.0448. The molecule has 0 atom stereocenters. The largest absolute Gasteiger partial charge is 0.326 e. The highest BCUT2D eigenvalue weighted by atomic mass is 32.2. The molecular formula is C13H18N4O2S. The van der Waals surface area contributed by atoms with Gasteiger partial charge in [-0.3, -0.25) is 9.82 Å². The quantitative estimate of drug-likeness (QED) is 0.797. The number of nitrogens with one attached hydrogen (secondary N) is 2. The van der Waals surface area contributed by atoms with Gasteiger partial charge in [0.2, 0.25) is 5.03 Å². The summed E-state index contributed by atoms with van der Waals surface area (Å²) >= 11 is 0. The first kappa shape index (κ1) is 14.5. The van der Waals surface area contributed by atoms with Crippen molar-refractivity contribution in [2.24, 2.45) is 5.73 Å². The Bertz CT molecular complexity index is 715. The third-order valence-corrected chi connectivity index (χ3v) is 4.32. The molecule has 20 heavy (non-hydrogen) atoms. The van der Waals surface area contributed by atoms with Gasteiger partial charge in [0.1, 0.15) is 0 Å². The summed E-state index contributed by atoms with van der Waals surface area (Å²) < 4.78 is 27.3. The molecule has 0 radical (unpaired) electrons. The number of benzene rings is 1. The van der Waals surface area contributed by atoms with E-state index in [1.54, 1.807) is 19.1 Å². The number of aromatic nitrogens is 2. The first-order chi connectivity index (χ1) is 9.33. The van der Waals surface area contributed by atoms with Gasteiger partial charge in [0.15, 0.2) is 0 Å². The minimum atomic E-state index is -3.74. The summed E-state index contributed by atoms with van der Waals surface area (Å²) in [6, 6.07) is 5.51. The van der Waals surface area contributed by atoms with Crippen LogP contribution in [0.3, 0.4) is 0 Å². The van der Waals surface area contributed by atoms with Crippen LogP contribution >= 0.6 is 0 Å². The van der Waals surface area contributed by atoms with E-state index in [0.29, 0.717) is 16.9 Å². The van der Waals surface area contributed by atoms with E-state index in [-0.39, 0.29) is 11.6 Å². The molecule has 0 aliphatic rings. The van der Waals surface area contributed by atoms with Crippen molar-refractivity contribution in [3.8, 4) is 0 Å². The highest BCUT2D eigenvalue weighted by molar-refractivity contribution is 7.92. The number of nitrogens with zero attached hydrogens (tertiary/aromatic N) is 1. The van der Waals surface area contributed by atoms with E-state index in [2.05, 4.69) is 14.9 Å². The zero-order valence-electron chi connectivity index (χ0n) is 11.7.